The number of ether oxygens (including phenoxy) is 3. The highest BCUT2D eigenvalue weighted by Gasteiger charge is 2.31. The first-order valence-electron chi connectivity index (χ1n) is 9.77. The largest absolute Gasteiger partial charge is 0.514 e. The molecule has 0 radical (unpaired) electrons. The first-order chi connectivity index (χ1) is 15.4. The van der Waals surface area contributed by atoms with Gasteiger partial charge in [-0.25, -0.2) is 4.79 Å². The molecule has 1 rings (SSSR count). The molecule has 0 atom stereocenters. The highest BCUT2D eigenvalue weighted by atomic mass is 16.7. The summed E-state index contributed by atoms with van der Waals surface area (Å²) in [5, 5.41) is 30.8. The van der Waals surface area contributed by atoms with Crippen molar-refractivity contribution in [3.8, 4) is 17.6 Å². The maximum absolute atomic E-state index is 12.5. The van der Waals surface area contributed by atoms with Crippen LogP contribution in [0, 0.1) is 26.9 Å². The second-order valence-corrected chi connectivity index (χ2v) is 7.31. The zero-order valence-corrected chi connectivity index (χ0v) is 18.9. The highest BCUT2D eigenvalue weighted by molar-refractivity contribution is 6.01. The van der Waals surface area contributed by atoms with Crippen LogP contribution in [0.3, 0.4) is 0 Å². The Morgan fingerprint density at radius 3 is 2.36 bits per heavy atom. The second-order valence-electron chi connectivity index (χ2n) is 7.31. The summed E-state index contributed by atoms with van der Waals surface area (Å²) < 4.78 is 14.3. The molecule has 1 aromatic carbocycles. The van der Waals surface area contributed by atoms with Crippen LogP contribution in [0.4, 0.5) is 10.5 Å². The number of nitrogens with zero attached hydrogens (tertiary/aromatic N) is 3. The summed E-state index contributed by atoms with van der Waals surface area (Å²) >= 11 is 0. The van der Waals surface area contributed by atoms with Gasteiger partial charge in [-0.15, -0.1) is 0 Å². The van der Waals surface area contributed by atoms with E-state index in [9.17, 15) is 34.9 Å². The van der Waals surface area contributed by atoms with Crippen molar-refractivity contribution in [1.82, 2.24) is 4.90 Å². The molecule has 0 aromatic heterocycles. The van der Waals surface area contributed by atoms with E-state index in [1.165, 1.54) is 25.9 Å². The SMILES string of the molecule is CCN(CC)C(=O)C(C#N)=Cc1cc(OC(=O)OCC(C)(C)C(=O)OC)c(O)c([N+](=O)[O-])c1. The van der Waals surface area contributed by atoms with Crippen LogP contribution in [-0.2, 0) is 19.1 Å². The molecule has 0 saturated carbocycles. The lowest BCUT2D eigenvalue weighted by Crippen LogP contribution is -2.32. The van der Waals surface area contributed by atoms with Crippen molar-refractivity contribution in [3.05, 3.63) is 33.4 Å². The number of phenolic OH excluding ortho intramolecular Hbond substituents is 1. The van der Waals surface area contributed by atoms with Gasteiger partial charge in [0.25, 0.3) is 5.91 Å². The Hall–Kier alpha value is -4.14. The summed E-state index contributed by atoms with van der Waals surface area (Å²) in [4.78, 5) is 48.0. The predicted molar refractivity (Wildman–Crippen MR) is 114 cm³/mol. The van der Waals surface area contributed by atoms with Crippen LogP contribution in [0.1, 0.15) is 33.3 Å². The van der Waals surface area contributed by atoms with Crippen molar-refractivity contribution < 1.29 is 38.6 Å². The molecule has 12 nitrogen and oxygen atoms in total. The smallest absolute Gasteiger partial charge is 0.499 e. The lowest BCUT2D eigenvalue weighted by atomic mass is 9.95. The number of carbonyl (C=O) groups excluding carboxylic acids is 3. The van der Waals surface area contributed by atoms with Gasteiger partial charge in [0.15, 0.2) is 5.75 Å². The fraction of sp³-hybridized carbons (Fsp3) is 0.429. The van der Waals surface area contributed by atoms with E-state index in [2.05, 4.69) is 4.74 Å². The number of amides is 1. The molecule has 0 spiro atoms. The van der Waals surface area contributed by atoms with Gasteiger partial charge in [0.1, 0.15) is 18.2 Å². The van der Waals surface area contributed by atoms with Crippen molar-refractivity contribution in [1.29, 1.82) is 5.26 Å². The molecule has 0 fully saturated rings. The van der Waals surface area contributed by atoms with Crippen LogP contribution < -0.4 is 4.74 Å². The first-order valence-corrected chi connectivity index (χ1v) is 9.77. The number of methoxy groups -OCH3 is 1. The topological polar surface area (TPSA) is 169 Å². The third-order valence-corrected chi connectivity index (χ3v) is 4.47. The van der Waals surface area contributed by atoms with E-state index in [1.807, 2.05) is 0 Å². The number of aromatic hydroxyl groups is 1. The quantitative estimate of drug-likeness (QED) is 0.143. The van der Waals surface area contributed by atoms with Crippen LogP contribution in [0.5, 0.6) is 11.5 Å². The van der Waals surface area contributed by atoms with Crippen LogP contribution in [0.2, 0.25) is 0 Å². The minimum absolute atomic E-state index is 0.0470. The summed E-state index contributed by atoms with van der Waals surface area (Å²) in [5.74, 6) is -2.84. The molecule has 0 bridgehead atoms. The van der Waals surface area contributed by atoms with Gasteiger partial charge in [-0.05, 0) is 45.4 Å². The van der Waals surface area contributed by atoms with Gasteiger partial charge >= 0.3 is 17.8 Å². The van der Waals surface area contributed by atoms with Gasteiger partial charge in [-0.3, -0.25) is 19.7 Å². The van der Waals surface area contributed by atoms with E-state index >= 15 is 0 Å². The fourth-order valence-corrected chi connectivity index (χ4v) is 2.60. The summed E-state index contributed by atoms with van der Waals surface area (Å²) in [7, 11) is 1.17. The number of nitro benzene ring substituents is 1. The summed E-state index contributed by atoms with van der Waals surface area (Å²) in [6.45, 7) is 6.60. The van der Waals surface area contributed by atoms with Crippen molar-refractivity contribution >= 4 is 29.8 Å². The van der Waals surface area contributed by atoms with Crippen LogP contribution in [0.25, 0.3) is 6.08 Å². The Morgan fingerprint density at radius 1 is 1.27 bits per heavy atom. The molecule has 12 heteroatoms. The maximum atomic E-state index is 12.5. The molecule has 178 valence electrons. The number of carbonyl (C=O) groups is 3. The van der Waals surface area contributed by atoms with Gasteiger partial charge in [0, 0.05) is 19.2 Å². The molecular formula is C21H25N3O9. The summed E-state index contributed by atoms with van der Waals surface area (Å²) in [5.41, 5.74) is -2.38. The van der Waals surface area contributed by atoms with E-state index in [0.717, 1.165) is 18.2 Å². The van der Waals surface area contributed by atoms with Gasteiger partial charge in [0.2, 0.25) is 5.75 Å². The maximum Gasteiger partial charge on any atom is 0.514 e. The van der Waals surface area contributed by atoms with Gasteiger partial charge in [-0.2, -0.15) is 5.26 Å². The molecule has 0 aliphatic carbocycles. The van der Waals surface area contributed by atoms with E-state index in [1.54, 1.807) is 19.9 Å². The van der Waals surface area contributed by atoms with Crippen molar-refractivity contribution in [2.75, 3.05) is 26.8 Å². The number of nitriles is 1. The third kappa shape index (κ3) is 6.93. The number of hydrogen-bond donors (Lipinski definition) is 1. The van der Waals surface area contributed by atoms with Crippen LogP contribution >= 0.6 is 0 Å². The first kappa shape index (κ1) is 26.9. The Morgan fingerprint density at radius 2 is 1.88 bits per heavy atom. The molecular weight excluding hydrogens is 438 g/mol. The van der Waals surface area contributed by atoms with Gasteiger partial charge < -0.3 is 24.2 Å². The number of likely N-dealkylation sites (N-methyl/N-ethyl adjacent to an activating group) is 1. The summed E-state index contributed by atoms with van der Waals surface area (Å²) in [6, 6.07) is 3.68. The average molecular weight is 463 g/mol. The second kappa shape index (κ2) is 11.5. The number of hydrogen-bond acceptors (Lipinski definition) is 10. The molecule has 0 saturated heterocycles. The van der Waals surface area contributed by atoms with Crippen LogP contribution in [-0.4, -0.2) is 59.8 Å². The van der Waals surface area contributed by atoms with Crippen molar-refractivity contribution in [2.24, 2.45) is 5.41 Å². The zero-order valence-electron chi connectivity index (χ0n) is 18.9. The summed E-state index contributed by atoms with van der Waals surface area (Å²) in [6.07, 6.45) is -0.275. The molecule has 0 heterocycles. The predicted octanol–water partition coefficient (Wildman–Crippen LogP) is 2.79. The number of rotatable bonds is 9. The van der Waals surface area contributed by atoms with Crippen molar-refractivity contribution in [2.45, 2.75) is 27.7 Å². The minimum Gasteiger partial charge on any atom is -0.499 e. The lowest BCUT2D eigenvalue weighted by molar-refractivity contribution is -0.385. The monoisotopic (exact) mass is 463 g/mol. The number of nitro groups is 1. The number of phenols is 1. The van der Waals surface area contributed by atoms with E-state index in [-0.39, 0.29) is 11.1 Å². The average Bonchev–Trinajstić information content (AvgIpc) is 2.77. The Balaban J connectivity index is 3.29. The normalized spacial score (nSPS) is 11.2. The molecule has 0 unspecified atom stereocenters. The van der Waals surface area contributed by atoms with Crippen LogP contribution in [0.15, 0.2) is 17.7 Å². The molecule has 0 aliphatic rings. The van der Waals surface area contributed by atoms with E-state index in [4.69, 9.17) is 9.47 Å². The fourth-order valence-electron chi connectivity index (χ4n) is 2.60. The lowest BCUT2D eigenvalue weighted by Gasteiger charge is -2.20. The number of esters is 1. The highest BCUT2D eigenvalue weighted by Crippen LogP contribution is 2.38. The third-order valence-electron chi connectivity index (χ3n) is 4.47. The molecule has 1 N–H and O–H groups in total. The molecule has 0 aliphatic heterocycles. The molecule has 1 aromatic rings. The minimum atomic E-state index is -1.35. The van der Waals surface area contributed by atoms with E-state index < -0.39 is 52.2 Å². The van der Waals surface area contributed by atoms with Gasteiger partial charge in [0.05, 0.1) is 17.4 Å². The Bertz CT molecular complexity index is 1000. The van der Waals surface area contributed by atoms with Crippen molar-refractivity contribution in [3.63, 3.8) is 0 Å². The van der Waals surface area contributed by atoms with E-state index in [0.29, 0.717) is 13.1 Å². The Labute approximate surface area is 190 Å². The van der Waals surface area contributed by atoms with Gasteiger partial charge in [-0.1, -0.05) is 0 Å². The molecule has 33 heavy (non-hydrogen) atoms. The molecule has 1 amide bonds. The Kier molecular flexibility index (Phi) is 9.35. The number of benzene rings is 1. The standard InChI is InChI=1S/C21H25N3O9/c1-6-23(7-2)18(26)14(11-22)8-13-9-15(24(29)30)17(25)16(10-13)33-20(28)32-12-21(3,4)19(27)31-5/h8-10,25H,6-7,12H2,1-5H3. The zero-order chi connectivity index (χ0) is 25.3.